The zero-order chi connectivity index (χ0) is 10.9. The van der Waals surface area contributed by atoms with Gasteiger partial charge < -0.3 is 0 Å². The monoisotopic (exact) mass is 252 g/mol. The van der Waals surface area contributed by atoms with Gasteiger partial charge in [0.25, 0.3) is 9.05 Å². The van der Waals surface area contributed by atoms with E-state index in [4.69, 9.17) is 10.7 Å². The lowest BCUT2D eigenvalue weighted by atomic mass is 10.1. The van der Waals surface area contributed by atoms with Crippen molar-refractivity contribution in [2.24, 2.45) is 5.92 Å². The summed E-state index contributed by atoms with van der Waals surface area (Å²) in [5.41, 5.74) is 1.02. The molecular weight excluding hydrogens is 240 g/mol. The summed E-state index contributed by atoms with van der Waals surface area (Å²) in [5.74, 6) is 0.526. The van der Waals surface area contributed by atoms with Crippen molar-refractivity contribution < 1.29 is 8.42 Å². The number of rotatable bonds is 3. The molecule has 0 radical (unpaired) electrons. The molecule has 0 aromatic carbocycles. The molecule has 0 amide bonds. The first-order chi connectivity index (χ1) is 6.30. The third-order valence-corrected chi connectivity index (χ3v) is 5.17. The van der Waals surface area contributed by atoms with Crippen molar-refractivity contribution in [3.05, 3.63) is 16.5 Å². The Balaban J connectivity index is 3.06. The molecule has 0 aliphatic heterocycles. The van der Waals surface area contributed by atoms with Crippen molar-refractivity contribution in [3.8, 4) is 0 Å². The normalized spacial score (nSPS) is 12.4. The number of hydrogen-bond acceptors (Lipinski definition) is 3. The van der Waals surface area contributed by atoms with E-state index in [0.717, 1.165) is 16.9 Å². The Morgan fingerprint density at radius 3 is 2.43 bits per heavy atom. The van der Waals surface area contributed by atoms with E-state index in [1.807, 2.05) is 6.92 Å². The summed E-state index contributed by atoms with van der Waals surface area (Å²) < 4.78 is 22.4. The van der Waals surface area contributed by atoms with E-state index in [2.05, 4.69) is 13.8 Å². The van der Waals surface area contributed by atoms with Crippen LogP contribution >= 0.6 is 22.0 Å². The molecule has 0 N–H and O–H groups in total. The number of aryl methyl sites for hydroxylation is 1. The van der Waals surface area contributed by atoms with E-state index in [0.29, 0.717) is 5.92 Å². The van der Waals surface area contributed by atoms with Crippen LogP contribution in [0.4, 0.5) is 0 Å². The molecule has 1 rings (SSSR count). The van der Waals surface area contributed by atoms with Gasteiger partial charge in [0.05, 0.1) is 0 Å². The van der Waals surface area contributed by atoms with E-state index in [1.54, 1.807) is 6.07 Å². The van der Waals surface area contributed by atoms with Crippen LogP contribution in [-0.2, 0) is 15.5 Å². The van der Waals surface area contributed by atoms with Gasteiger partial charge in [0, 0.05) is 15.6 Å². The first kappa shape index (κ1) is 12.0. The molecule has 1 aromatic heterocycles. The largest absolute Gasteiger partial charge is 0.270 e. The Morgan fingerprint density at radius 2 is 2.07 bits per heavy atom. The second-order valence-corrected chi connectivity index (χ2v) is 7.64. The van der Waals surface area contributed by atoms with Gasteiger partial charge in [-0.3, -0.25) is 0 Å². The van der Waals surface area contributed by atoms with Crippen molar-refractivity contribution in [2.75, 3.05) is 0 Å². The average Bonchev–Trinajstić information content (AvgIpc) is 2.30. The molecule has 0 saturated heterocycles. The maximum absolute atomic E-state index is 11.1. The summed E-state index contributed by atoms with van der Waals surface area (Å²) >= 11 is 1.27. The SMILES string of the molecule is Cc1cc(S(=O)(=O)Cl)sc1CC(C)C. The van der Waals surface area contributed by atoms with Gasteiger partial charge >= 0.3 is 0 Å². The Kier molecular flexibility index (Phi) is 3.61. The molecule has 5 heteroatoms. The van der Waals surface area contributed by atoms with Gasteiger partial charge in [0.1, 0.15) is 4.21 Å². The highest BCUT2D eigenvalue weighted by atomic mass is 35.7. The Morgan fingerprint density at radius 1 is 1.50 bits per heavy atom. The van der Waals surface area contributed by atoms with Crippen molar-refractivity contribution in [2.45, 2.75) is 31.4 Å². The lowest BCUT2D eigenvalue weighted by Gasteiger charge is -2.01. The molecule has 0 atom stereocenters. The molecule has 0 aliphatic rings. The summed E-state index contributed by atoms with van der Waals surface area (Å²) in [6, 6.07) is 1.64. The summed E-state index contributed by atoms with van der Waals surface area (Å²) in [5, 5.41) is 0. The Hall–Kier alpha value is -0.0600. The van der Waals surface area contributed by atoms with Crippen molar-refractivity contribution in [3.63, 3.8) is 0 Å². The smallest absolute Gasteiger partial charge is 0.206 e. The molecule has 0 bridgehead atoms. The molecular formula is C9H13ClO2S2. The number of thiophene rings is 1. The van der Waals surface area contributed by atoms with Gasteiger partial charge in [0.15, 0.2) is 0 Å². The van der Waals surface area contributed by atoms with Crippen molar-refractivity contribution in [1.29, 1.82) is 0 Å². The van der Waals surface area contributed by atoms with Crippen LogP contribution in [0.15, 0.2) is 10.3 Å². The highest BCUT2D eigenvalue weighted by Crippen LogP contribution is 2.29. The second-order valence-electron chi connectivity index (χ2n) is 3.71. The minimum atomic E-state index is -3.55. The van der Waals surface area contributed by atoms with Gasteiger partial charge in [-0.1, -0.05) is 13.8 Å². The third kappa shape index (κ3) is 2.97. The number of halogens is 1. The quantitative estimate of drug-likeness (QED) is 0.775. The highest BCUT2D eigenvalue weighted by Gasteiger charge is 2.16. The maximum atomic E-state index is 11.1. The van der Waals surface area contributed by atoms with E-state index in [-0.39, 0.29) is 4.21 Å². The van der Waals surface area contributed by atoms with Crippen LogP contribution in [0.25, 0.3) is 0 Å². The maximum Gasteiger partial charge on any atom is 0.270 e. The molecule has 0 spiro atoms. The number of hydrogen-bond donors (Lipinski definition) is 0. The van der Waals surface area contributed by atoms with Gasteiger partial charge in [-0.25, -0.2) is 8.42 Å². The van der Waals surface area contributed by atoms with Gasteiger partial charge in [-0.05, 0) is 30.9 Å². The Bertz CT molecular complexity index is 418. The van der Waals surface area contributed by atoms with Crippen LogP contribution in [0.5, 0.6) is 0 Å². The molecule has 1 aromatic rings. The molecule has 0 aliphatic carbocycles. The van der Waals surface area contributed by atoms with Crippen LogP contribution in [-0.4, -0.2) is 8.42 Å². The lowest BCUT2D eigenvalue weighted by molar-refractivity contribution is 0.611. The fourth-order valence-corrected chi connectivity index (χ4v) is 3.73. The minimum Gasteiger partial charge on any atom is -0.206 e. The van der Waals surface area contributed by atoms with Gasteiger partial charge in [0.2, 0.25) is 0 Å². The fraction of sp³-hybridized carbons (Fsp3) is 0.556. The van der Waals surface area contributed by atoms with E-state index in [9.17, 15) is 8.42 Å². The second kappa shape index (κ2) is 4.21. The molecule has 0 unspecified atom stereocenters. The molecule has 0 fully saturated rings. The van der Waals surface area contributed by atoms with Crippen molar-refractivity contribution in [1.82, 2.24) is 0 Å². The lowest BCUT2D eigenvalue weighted by Crippen LogP contribution is -1.91. The standard InChI is InChI=1S/C9H13ClO2S2/c1-6(2)4-8-7(3)5-9(13-8)14(10,11)12/h5-6H,4H2,1-3H3. The summed E-state index contributed by atoms with van der Waals surface area (Å²) in [4.78, 5) is 1.11. The van der Waals surface area contributed by atoms with Crippen LogP contribution in [0, 0.1) is 12.8 Å². The molecule has 14 heavy (non-hydrogen) atoms. The van der Waals surface area contributed by atoms with E-state index >= 15 is 0 Å². The fourth-order valence-electron chi connectivity index (χ4n) is 1.18. The molecule has 0 saturated carbocycles. The average molecular weight is 253 g/mol. The Labute approximate surface area is 93.3 Å². The van der Waals surface area contributed by atoms with Crippen LogP contribution < -0.4 is 0 Å². The predicted molar refractivity (Wildman–Crippen MR) is 60.6 cm³/mol. The van der Waals surface area contributed by atoms with Gasteiger partial charge in [-0.2, -0.15) is 0 Å². The molecule has 1 heterocycles. The summed E-state index contributed by atoms with van der Waals surface area (Å²) in [6.07, 6.45) is 0.906. The zero-order valence-electron chi connectivity index (χ0n) is 8.37. The van der Waals surface area contributed by atoms with Crippen molar-refractivity contribution >= 4 is 31.1 Å². The van der Waals surface area contributed by atoms with Gasteiger partial charge in [-0.15, -0.1) is 11.3 Å². The molecule has 80 valence electrons. The van der Waals surface area contributed by atoms with E-state index < -0.39 is 9.05 Å². The van der Waals surface area contributed by atoms with Crippen LogP contribution in [0.3, 0.4) is 0 Å². The topological polar surface area (TPSA) is 34.1 Å². The highest BCUT2D eigenvalue weighted by molar-refractivity contribution is 8.15. The minimum absolute atomic E-state index is 0.257. The predicted octanol–water partition coefficient (Wildman–Crippen LogP) is 3.18. The first-order valence-electron chi connectivity index (χ1n) is 4.34. The first-order valence-corrected chi connectivity index (χ1v) is 7.47. The molecule has 2 nitrogen and oxygen atoms in total. The third-order valence-electron chi connectivity index (χ3n) is 1.83. The summed E-state index contributed by atoms with van der Waals surface area (Å²) in [6.45, 7) is 6.13. The zero-order valence-corrected chi connectivity index (χ0v) is 10.8. The van der Waals surface area contributed by atoms with Crippen LogP contribution in [0.1, 0.15) is 24.3 Å². The van der Waals surface area contributed by atoms with Crippen LogP contribution in [0.2, 0.25) is 0 Å². The van der Waals surface area contributed by atoms with E-state index in [1.165, 1.54) is 11.3 Å². The summed E-state index contributed by atoms with van der Waals surface area (Å²) in [7, 11) is 1.71.